The monoisotopic (exact) mass is 188 g/mol. The Morgan fingerprint density at radius 1 is 1.40 bits per heavy atom. The van der Waals surface area contributed by atoms with Crippen LogP contribution in [0, 0.1) is 0 Å². The second-order valence-electron chi connectivity index (χ2n) is 2.03. The number of carbonyl (C=O) groups is 1. The fourth-order valence-electron chi connectivity index (χ4n) is 0.621. The molecule has 0 N–H and O–H groups in total. The normalized spacial score (nSPS) is 8.20. The van der Waals surface area contributed by atoms with Gasteiger partial charge in [0.25, 0.3) is 0 Å². The molecule has 0 radical (unpaired) electrons. The second kappa shape index (κ2) is 8.96. The summed E-state index contributed by atoms with van der Waals surface area (Å²) in [5.41, 5.74) is 0. The molecule has 0 spiro atoms. The molecule has 64 valence electrons. The van der Waals surface area contributed by atoms with Crippen LogP contribution < -0.4 is 0 Å². The van der Waals surface area contributed by atoms with Crippen molar-refractivity contribution in [3.05, 3.63) is 0 Å². The molecule has 0 heterocycles. The van der Waals surface area contributed by atoms with E-state index < -0.39 is 0 Å². The van der Waals surface area contributed by atoms with Crippen LogP contribution in [-0.4, -0.2) is 13.1 Å². The fourth-order valence-corrected chi connectivity index (χ4v) is 0.621. The predicted octanol–water partition coefficient (Wildman–Crippen LogP) is 1.74. The van der Waals surface area contributed by atoms with Gasteiger partial charge in [-0.2, -0.15) is 0 Å². The molecule has 0 amide bonds. The van der Waals surface area contributed by atoms with E-state index in [0.717, 1.165) is 19.3 Å². The molecule has 0 aromatic heterocycles. The third-order valence-corrected chi connectivity index (χ3v) is 1.21. The summed E-state index contributed by atoms with van der Waals surface area (Å²) in [7, 11) is 1.42. The van der Waals surface area contributed by atoms with Crippen LogP contribution in [0.3, 0.4) is 0 Å². The van der Waals surface area contributed by atoms with Crippen molar-refractivity contribution in [1.29, 1.82) is 0 Å². The molecule has 0 aliphatic heterocycles. The molecule has 2 nitrogen and oxygen atoms in total. The zero-order chi connectivity index (χ0) is 7.11. The molecular formula is C7H14NiO2. The zero-order valence-corrected chi connectivity index (χ0v) is 7.45. The number of hydrogen-bond donors (Lipinski definition) is 0. The summed E-state index contributed by atoms with van der Waals surface area (Å²) in [5, 5.41) is 0. The van der Waals surface area contributed by atoms with Crippen molar-refractivity contribution in [1.82, 2.24) is 0 Å². The van der Waals surface area contributed by atoms with Gasteiger partial charge in [-0.1, -0.05) is 19.8 Å². The molecule has 0 aliphatic rings. The maximum atomic E-state index is 10.5. The van der Waals surface area contributed by atoms with Crippen LogP contribution in [0.2, 0.25) is 0 Å². The minimum absolute atomic E-state index is 0. The van der Waals surface area contributed by atoms with E-state index in [-0.39, 0.29) is 22.5 Å². The van der Waals surface area contributed by atoms with Crippen LogP contribution in [0.15, 0.2) is 0 Å². The Kier molecular flexibility index (Phi) is 11.3. The van der Waals surface area contributed by atoms with Crippen molar-refractivity contribution in [3.8, 4) is 0 Å². The number of methoxy groups -OCH3 is 1. The Hall–Kier alpha value is -0.0365. The summed E-state index contributed by atoms with van der Waals surface area (Å²) in [6.45, 7) is 2.11. The summed E-state index contributed by atoms with van der Waals surface area (Å²) >= 11 is 0. The molecule has 0 unspecified atom stereocenters. The molecule has 0 atom stereocenters. The third kappa shape index (κ3) is 7.96. The molecule has 0 fully saturated rings. The van der Waals surface area contributed by atoms with Gasteiger partial charge in [0.1, 0.15) is 0 Å². The first-order valence-electron chi connectivity index (χ1n) is 3.38. The Labute approximate surface area is 72.3 Å². The van der Waals surface area contributed by atoms with Crippen molar-refractivity contribution in [2.45, 2.75) is 32.6 Å². The minimum Gasteiger partial charge on any atom is -0.469 e. The first kappa shape index (κ1) is 12.6. The summed E-state index contributed by atoms with van der Waals surface area (Å²) < 4.78 is 4.46. The van der Waals surface area contributed by atoms with Crippen LogP contribution in [0.25, 0.3) is 0 Å². The number of rotatable bonds is 4. The number of hydrogen-bond acceptors (Lipinski definition) is 2. The molecule has 0 saturated carbocycles. The van der Waals surface area contributed by atoms with Gasteiger partial charge in [0.2, 0.25) is 0 Å². The summed E-state index contributed by atoms with van der Waals surface area (Å²) in [6.07, 6.45) is 3.81. The first-order chi connectivity index (χ1) is 4.31. The van der Waals surface area contributed by atoms with E-state index in [1.54, 1.807) is 0 Å². The maximum Gasteiger partial charge on any atom is 0.305 e. The zero-order valence-electron chi connectivity index (χ0n) is 6.46. The number of carbonyl (C=O) groups excluding carboxylic acids is 1. The van der Waals surface area contributed by atoms with E-state index in [4.69, 9.17) is 0 Å². The molecule has 10 heavy (non-hydrogen) atoms. The van der Waals surface area contributed by atoms with E-state index in [1.165, 1.54) is 7.11 Å². The van der Waals surface area contributed by atoms with E-state index in [0.29, 0.717) is 6.42 Å². The van der Waals surface area contributed by atoms with Gasteiger partial charge in [0.15, 0.2) is 0 Å². The van der Waals surface area contributed by atoms with Crippen molar-refractivity contribution in [2.75, 3.05) is 7.11 Å². The van der Waals surface area contributed by atoms with Gasteiger partial charge < -0.3 is 4.74 Å². The molecule has 0 rings (SSSR count). The van der Waals surface area contributed by atoms with Gasteiger partial charge in [-0.05, 0) is 6.42 Å². The molecule has 3 heteroatoms. The molecule has 0 aromatic rings. The molecule has 0 aliphatic carbocycles. The first-order valence-corrected chi connectivity index (χ1v) is 3.38. The summed E-state index contributed by atoms with van der Waals surface area (Å²) in [6, 6.07) is 0. The molecular weight excluding hydrogens is 175 g/mol. The maximum absolute atomic E-state index is 10.5. The minimum atomic E-state index is -0.0940. The quantitative estimate of drug-likeness (QED) is 0.382. The van der Waals surface area contributed by atoms with Crippen LogP contribution in [0.1, 0.15) is 32.6 Å². The van der Waals surface area contributed by atoms with Crippen LogP contribution in [-0.2, 0) is 26.0 Å². The standard InChI is InChI=1S/C7H14O2.Ni/c1-3-4-5-6-7(8)9-2;/h3-6H2,1-2H3;. The van der Waals surface area contributed by atoms with E-state index in [1.807, 2.05) is 0 Å². The van der Waals surface area contributed by atoms with E-state index in [9.17, 15) is 4.79 Å². The van der Waals surface area contributed by atoms with Crippen molar-refractivity contribution in [2.24, 2.45) is 0 Å². The van der Waals surface area contributed by atoms with Crippen LogP contribution in [0.4, 0.5) is 0 Å². The van der Waals surface area contributed by atoms with Crippen LogP contribution >= 0.6 is 0 Å². The topological polar surface area (TPSA) is 26.3 Å². The van der Waals surface area contributed by atoms with Crippen molar-refractivity contribution >= 4 is 5.97 Å². The van der Waals surface area contributed by atoms with Gasteiger partial charge in [-0.15, -0.1) is 0 Å². The summed E-state index contributed by atoms with van der Waals surface area (Å²) in [5.74, 6) is -0.0940. The Balaban J connectivity index is 0. The smallest absolute Gasteiger partial charge is 0.305 e. The largest absolute Gasteiger partial charge is 0.469 e. The summed E-state index contributed by atoms with van der Waals surface area (Å²) in [4.78, 5) is 10.5. The average Bonchev–Trinajstić information content (AvgIpc) is 1.89. The SMILES string of the molecule is CCCCCC(=O)OC.[Ni]. The van der Waals surface area contributed by atoms with E-state index >= 15 is 0 Å². The van der Waals surface area contributed by atoms with Crippen molar-refractivity contribution in [3.63, 3.8) is 0 Å². The number of esters is 1. The second-order valence-corrected chi connectivity index (χ2v) is 2.03. The molecule has 0 aromatic carbocycles. The van der Waals surface area contributed by atoms with Gasteiger partial charge in [0.05, 0.1) is 7.11 Å². The van der Waals surface area contributed by atoms with Gasteiger partial charge in [-0.25, -0.2) is 0 Å². The number of unbranched alkanes of at least 4 members (excludes halogenated alkanes) is 2. The number of ether oxygens (including phenoxy) is 1. The van der Waals surface area contributed by atoms with E-state index in [2.05, 4.69) is 11.7 Å². The van der Waals surface area contributed by atoms with Crippen molar-refractivity contribution < 1.29 is 26.0 Å². The molecule has 0 saturated heterocycles. The predicted molar refractivity (Wildman–Crippen MR) is 36.2 cm³/mol. The molecule has 0 bridgehead atoms. The van der Waals surface area contributed by atoms with Gasteiger partial charge >= 0.3 is 5.97 Å². The average molecular weight is 189 g/mol. The third-order valence-electron chi connectivity index (χ3n) is 1.21. The van der Waals surface area contributed by atoms with Gasteiger partial charge in [0, 0.05) is 22.9 Å². The van der Waals surface area contributed by atoms with Gasteiger partial charge in [-0.3, -0.25) is 4.79 Å². The Morgan fingerprint density at radius 3 is 2.40 bits per heavy atom. The Morgan fingerprint density at radius 2 is 2.00 bits per heavy atom. The van der Waals surface area contributed by atoms with Crippen LogP contribution in [0.5, 0.6) is 0 Å². The Bertz CT molecular complexity index is 83.7. The fraction of sp³-hybridized carbons (Fsp3) is 0.857.